The fourth-order valence-corrected chi connectivity index (χ4v) is 3.78. The molecule has 23 heavy (non-hydrogen) atoms. The highest BCUT2D eigenvalue weighted by Crippen LogP contribution is 2.32. The van der Waals surface area contributed by atoms with Crippen molar-refractivity contribution in [2.75, 3.05) is 13.1 Å². The van der Waals surface area contributed by atoms with E-state index < -0.39 is 24.9 Å². The number of alkyl halides is 2. The number of rotatable bonds is 6. The molecule has 0 spiro atoms. The number of thiazole rings is 1. The van der Waals surface area contributed by atoms with E-state index in [1.165, 1.54) is 22.7 Å². The smallest absolute Gasteiger partial charge is 0.277 e. The van der Waals surface area contributed by atoms with Crippen LogP contribution in [0.4, 0.5) is 8.78 Å². The SMILES string of the molecule is Cl.Cl.NCC(F)(F)CNC(=O)Cc1csc(-c2cc(Br)cs2)n1. The number of hydrogen-bond donors (Lipinski definition) is 2. The molecule has 2 rings (SSSR count). The van der Waals surface area contributed by atoms with Gasteiger partial charge in [-0.1, -0.05) is 0 Å². The van der Waals surface area contributed by atoms with Gasteiger partial charge in [0.2, 0.25) is 5.91 Å². The van der Waals surface area contributed by atoms with Crippen LogP contribution in [0.1, 0.15) is 5.69 Å². The van der Waals surface area contributed by atoms with Gasteiger partial charge in [-0.3, -0.25) is 4.79 Å². The van der Waals surface area contributed by atoms with Crippen molar-refractivity contribution in [1.29, 1.82) is 0 Å². The Hall–Kier alpha value is -0.320. The van der Waals surface area contributed by atoms with Crippen molar-refractivity contribution >= 4 is 69.3 Å². The maximum absolute atomic E-state index is 12.9. The fourth-order valence-electron chi connectivity index (χ4n) is 1.45. The van der Waals surface area contributed by atoms with Crippen LogP contribution in [-0.4, -0.2) is 29.9 Å². The van der Waals surface area contributed by atoms with Gasteiger partial charge in [0.1, 0.15) is 5.01 Å². The molecule has 0 aliphatic rings. The monoisotopic (exact) mass is 467 g/mol. The van der Waals surface area contributed by atoms with E-state index >= 15 is 0 Å². The Bertz CT molecular complexity index is 639. The van der Waals surface area contributed by atoms with Crippen LogP contribution in [0.2, 0.25) is 0 Å². The summed E-state index contributed by atoms with van der Waals surface area (Å²) in [5.74, 6) is -3.57. The molecular weight excluding hydrogens is 455 g/mol. The molecule has 3 N–H and O–H groups in total. The first-order valence-corrected chi connectivity index (χ1v) is 8.48. The number of nitrogens with two attached hydrogens (primary N) is 1. The number of carbonyl (C=O) groups excluding carboxylic acids is 1. The van der Waals surface area contributed by atoms with Crippen molar-refractivity contribution in [1.82, 2.24) is 10.3 Å². The van der Waals surface area contributed by atoms with E-state index in [0.29, 0.717) is 5.69 Å². The number of carbonyl (C=O) groups is 1. The molecule has 11 heteroatoms. The Labute approximate surface area is 160 Å². The summed E-state index contributed by atoms with van der Waals surface area (Å²) in [5.41, 5.74) is 5.46. The van der Waals surface area contributed by atoms with E-state index in [0.717, 1.165) is 14.4 Å². The summed E-state index contributed by atoms with van der Waals surface area (Å²) in [4.78, 5) is 16.9. The summed E-state index contributed by atoms with van der Waals surface area (Å²) < 4.78 is 26.8. The Morgan fingerprint density at radius 3 is 2.61 bits per heavy atom. The van der Waals surface area contributed by atoms with Gasteiger partial charge in [0.15, 0.2) is 0 Å². The third kappa shape index (κ3) is 6.98. The molecule has 130 valence electrons. The van der Waals surface area contributed by atoms with E-state index in [2.05, 4.69) is 26.2 Å². The molecule has 2 aromatic rings. The molecule has 0 unspecified atom stereocenters. The number of thiophene rings is 1. The lowest BCUT2D eigenvalue weighted by Gasteiger charge is -2.14. The van der Waals surface area contributed by atoms with Crippen LogP contribution >= 0.6 is 63.4 Å². The third-order valence-corrected chi connectivity index (χ3v) is 5.27. The second-order valence-corrected chi connectivity index (χ2v) is 6.97. The number of nitrogens with zero attached hydrogens (tertiary/aromatic N) is 1. The van der Waals surface area contributed by atoms with Gasteiger partial charge < -0.3 is 11.1 Å². The topological polar surface area (TPSA) is 68.0 Å². The zero-order chi connectivity index (χ0) is 15.5. The van der Waals surface area contributed by atoms with Gasteiger partial charge in [-0.15, -0.1) is 47.5 Å². The summed E-state index contributed by atoms with van der Waals surface area (Å²) in [5, 5.41) is 6.67. The first-order chi connectivity index (χ1) is 9.89. The van der Waals surface area contributed by atoms with E-state index in [4.69, 9.17) is 5.73 Å². The lowest BCUT2D eigenvalue weighted by Crippen LogP contribution is -2.42. The highest BCUT2D eigenvalue weighted by molar-refractivity contribution is 9.10. The molecular formula is C12H14BrCl2F2N3OS2. The third-order valence-electron chi connectivity index (χ3n) is 2.51. The minimum absolute atomic E-state index is 0. The summed E-state index contributed by atoms with van der Waals surface area (Å²) in [6, 6.07) is 1.94. The molecule has 4 nitrogen and oxygen atoms in total. The van der Waals surface area contributed by atoms with Crippen LogP contribution < -0.4 is 11.1 Å². The highest BCUT2D eigenvalue weighted by Gasteiger charge is 2.27. The predicted molar refractivity (Wildman–Crippen MR) is 98.3 cm³/mol. The second-order valence-electron chi connectivity index (χ2n) is 4.29. The lowest BCUT2D eigenvalue weighted by atomic mass is 10.3. The van der Waals surface area contributed by atoms with Crippen LogP contribution in [0, 0.1) is 0 Å². The first kappa shape index (κ1) is 22.7. The molecule has 0 aliphatic carbocycles. The van der Waals surface area contributed by atoms with E-state index in [-0.39, 0.29) is 31.2 Å². The fraction of sp³-hybridized carbons (Fsp3) is 0.333. The number of aromatic nitrogens is 1. The molecule has 1 amide bonds. The minimum Gasteiger partial charge on any atom is -0.350 e. The normalized spacial score (nSPS) is 10.6. The number of halogens is 5. The van der Waals surface area contributed by atoms with E-state index in [1.807, 2.05) is 11.4 Å². The molecule has 2 heterocycles. The van der Waals surface area contributed by atoms with Gasteiger partial charge in [0.05, 0.1) is 30.1 Å². The predicted octanol–water partition coefficient (Wildman–Crippen LogP) is 3.73. The average Bonchev–Trinajstić information content (AvgIpc) is 3.05. The zero-order valence-electron chi connectivity index (χ0n) is 11.6. The van der Waals surface area contributed by atoms with E-state index in [1.54, 1.807) is 5.38 Å². The molecule has 0 radical (unpaired) electrons. The van der Waals surface area contributed by atoms with Crippen molar-refractivity contribution in [3.63, 3.8) is 0 Å². The summed E-state index contributed by atoms with van der Waals surface area (Å²) >= 11 is 6.32. The molecule has 0 saturated heterocycles. The minimum atomic E-state index is -3.08. The summed E-state index contributed by atoms with van der Waals surface area (Å²) in [6.07, 6.45) is -0.0241. The molecule has 0 bridgehead atoms. The number of amides is 1. The molecule has 0 atom stereocenters. The van der Waals surface area contributed by atoms with Crippen LogP contribution in [0.25, 0.3) is 9.88 Å². The Morgan fingerprint density at radius 1 is 1.35 bits per heavy atom. The largest absolute Gasteiger partial charge is 0.350 e. The molecule has 0 aromatic carbocycles. The molecule has 0 fully saturated rings. The van der Waals surface area contributed by atoms with Crippen LogP contribution in [0.5, 0.6) is 0 Å². The molecule has 2 aromatic heterocycles. The van der Waals surface area contributed by atoms with Gasteiger partial charge in [-0.2, -0.15) is 0 Å². The van der Waals surface area contributed by atoms with Crippen LogP contribution in [-0.2, 0) is 11.2 Å². The van der Waals surface area contributed by atoms with Crippen molar-refractivity contribution in [3.8, 4) is 9.88 Å². The Morgan fingerprint density at radius 2 is 2.04 bits per heavy atom. The average molecular weight is 469 g/mol. The van der Waals surface area contributed by atoms with Gasteiger partial charge in [0, 0.05) is 15.2 Å². The van der Waals surface area contributed by atoms with Crippen molar-refractivity contribution in [3.05, 3.63) is 27.0 Å². The first-order valence-electron chi connectivity index (χ1n) is 5.93. The van der Waals surface area contributed by atoms with E-state index in [9.17, 15) is 13.6 Å². The van der Waals surface area contributed by atoms with Crippen molar-refractivity contribution < 1.29 is 13.6 Å². The number of nitrogens with one attached hydrogen (secondary N) is 1. The van der Waals surface area contributed by atoms with Crippen molar-refractivity contribution in [2.24, 2.45) is 5.73 Å². The van der Waals surface area contributed by atoms with Crippen LogP contribution in [0.15, 0.2) is 21.3 Å². The maximum atomic E-state index is 12.9. The molecule has 0 aliphatic heterocycles. The van der Waals surface area contributed by atoms with Crippen LogP contribution in [0.3, 0.4) is 0 Å². The molecule has 0 saturated carbocycles. The summed E-state index contributed by atoms with van der Waals surface area (Å²) in [7, 11) is 0. The van der Waals surface area contributed by atoms with Crippen molar-refractivity contribution in [2.45, 2.75) is 12.3 Å². The van der Waals surface area contributed by atoms with Gasteiger partial charge >= 0.3 is 0 Å². The summed E-state index contributed by atoms with van der Waals surface area (Å²) in [6.45, 7) is -1.54. The second kappa shape index (κ2) is 9.85. The quantitative estimate of drug-likeness (QED) is 0.678. The number of hydrogen-bond acceptors (Lipinski definition) is 5. The maximum Gasteiger partial charge on any atom is 0.277 e. The van der Waals surface area contributed by atoms with Gasteiger partial charge in [-0.25, -0.2) is 13.8 Å². The Kier molecular flexibility index (Phi) is 9.71. The Balaban J connectivity index is 0.00000242. The van der Waals surface area contributed by atoms with Gasteiger partial charge in [0.25, 0.3) is 5.92 Å². The van der Waals surface area contributed by atoms with Gasteiger partial charge in [-0.05, 0) is 22.0 Å². The standard InChI is InChI=1S/C12H12BrF2N3OS2.2ClH/c13-7-1-9(20-3-7)11-18-8(4-21-11)2-10(19)17-6-12(14,15)5-16;;/h1,3-4H,2,5-6,16H2,(H,17,19);2*1H. The zero-order valence-corrected chi connectivity index (χ0v) is 16.4. The highest BCUT2D eigenvalue weighted by atomic mass is 79.9. The lowest BCUT2D eigenvalue weighted by molar-refractivity contribution is -0.122.